The predicted octanol–water partition coefficient (Wildman–Crippen LogP) is 0.286. The highest BCUT2D eigenvalue weighted by Crippen LogP contribution is 2.28. The molecule has 0 aromatic carbocycles. The van der Waals surface area contributed by atoms with Gasteiger partial charge in [0.1, 0.15) is 5.92 Å². The number of carboxylic acids is 1. The number of carboxylic acid groups (broad SMARTS) is 1. The van der Waals surface area contributed by atoms with Gasteiger partial charge in [0.15, 0.2) is 0 Å². The van der Waals surface area contributed by atoms with Crippen molar-refractivity contribution >= 4 is 5.97 Å². The maximum absolute atomic E-state index is 10.8. The van der Waals surface area contributed by atoms with Crippen molar-refractivity contribution in [3.05, 3.63) is 12.3 Å². The van der Waals surface area contributed by atoms with E-state index in [1.807, 2.05) is 4.90 Å². The molecule has 0 radical (unpaired) electrons. The van der Waals surface area contributed by atoms with Gasteiger partial charge in [0.2, 0.25) is 0 Å². The summed E-state index contributed by atoms with van der Waals surface area (Å²) in [7, 11) is 1.80. The lowest BCUT2D eigenvalue weighted by molar-refractivity contribution is -0.150. The molecule has 1 aliphatic heterocycles. The number of hydrogen-bond acceptors (Lipinski definition) is 3. The quantitative estimate of drug-likeness (QED) is 0.616. The summed E-state index contributed by atoms with van der Waals surface area (Å²) in [6, 6.07) is -0.200. The van der Waals surface area contributed by atoms with Gasteiger partial charge in [-0.05, 0) is 6.92 Å². The minimum Gasteiger partial charge on any atom is -0.481 e. The fourth-order valence-electron chi connectivity index (χ4n) is 1.73. The summed E-state index contributed by atoms with van der Waals surface area (Å²) in [5, 5.41) is 18.4. The largest absolute Gasteiger partial charge is 0.481 e. The molecular weight excluding hydrogens is 170 g/mol. The van der Waals surface area contributed by atoms with E-state index in [4.69, 9.17) is 5.11 Å². The summed E-state index contributed by atoms with van der Waals surface area (Å²) in [5.41, 5.74) is 0.789. The number of piperidine rings is 1. The van der Waals surface area contributed by atoms with Gasteiger partial charge in [-0.3, -0.25) is 4.79 Å². The third-order valence-electron chi connectivity index (χ3n) is 2.77. The minimum absolute atomic E-state index is 0.200. The van der Waals surface area contributed by atoms with Crippen LogP contribution in [0.2, 0.25) is 0 Å². The van der Waals surface area contributed by atoms with Gasteiger partial charge in [-0.25, -0.2) is 0 Å². The standard InChI is InChI=1S/C9H15NO3/c1-5-4-7(11)8(9(12)13)6(2)10(5)3/h6-8,11H,1,4H2,2-3H3,(H,12,13)/t6?,7-,8?/m0/s1. The molecule has 0 aromatic heterocycles. The number of carbonyl (C=O) groups is 1. The van der Waals surface area contributed by atoms with E-state index in [0.29, 0.717) is 6.42 Å². The van der Waals surface area contributed by atoms with Gasteiger partial charge in [-0.1, -0.05) is 6.58 Å². The van der Waals surface area contributed by atoms with E-state index in [1.54, 1.807) is 14.0 Å². The molecule has 3 atom stereocenters. The minimum atomic E-state index is -0.945. The number of aliphatic carboxylic acids is 1. The van der Waals surface area contributed by atoms with Gasteiger partial charge in [0.25, 0.3) is 0 Å². The molecule has 2 unspecified atom stereocenters. The Hall–Kier alpha value is -1.03. The van der Waals surface area contributed by atoms with E-state index in [1.165, 1.54) is 0 Å². The van der Waals surface area contributed by atoms with Crippen LogP contribution < -0.4 is 0 Å². The maximum Gasteiger partial charge on any atom is 0.311 e. The highest BCUT2D eigenvalue weighted by Gasteiger charge is 2.39. The summed E-state index contributed by atoms with van der Waals surface area (Å²) in [4.78, 5) is 12.6. The molecule has 0 saturated carbocycles. The van der Waals surface area contributed by atoms with Crippen molar-refractivity contribution in [2.24, 2.45) is 5.92 Å². The van der Waals surface area contributed by atoms with Crippen LogP contribution in [0.5, 0.6) is 0 Å². The van der Waals surface area contributed by atoms with Crippen molar-refractivity contribution in [2.45, 2.75) is 25.5 Å². The lowest BCUT2D eigenvalue weighted by Gasteiger charge is -2.40. The Morgan fingerprint density at radius 2 is 2.23 bits per heavy atom. The van der Waals surface area contributed by atoms with Crippen LogP contribution in [0.1, 0.15) is 13.3 Å². The molecule has 1 fully saturated rings. The molecule has 0 bridgehead atoms. The van der Waals surface area contributed by atoms with E-state index in [9.17, 15) is 9.90 Å². The molecule has 1 heterocycles. The fraction of sp³-hybridized carbons (Fsp3) is 0.667. The van der Waals surface area contributed by atoms with E-state index in [2.05, 4.69) is 6.58 Å². The van der Waals surface area contributed by atoms with Crippen molar-refractivity contribution < 1.29 is 15.0 Å². The number of nitrogens with zero attached hydrogens (tertiary/aromatic N) is 1. The third kappa shape index (κ3) is 1.67. The molecule has 1 rings (SSSR count). The van der Waals surface area contributed by atoms with Crippen LogP contribution in [-0.4, -0.2) is 40.3 Å². The second kappa shape index (κ2) is 3.38. The van der Waals surface area contributed by atoms with E-state index in [0.717, 1.165) is 5.70 Å². The first-order valence-electron chi connectivity index (χ1n) is 4.26. The zero-order valence-electron chi connectivity index (χ0n) is 7.90. The number of likely N-dealkylation sites (tertiary alicyclic amines) is 1. The van der Waals surface area contributed by atoms with Crippen molar-refractivity contribution in [3.8, 4) is 0 Å². The van der Waals surface area contributed by atoms with E-state index in [-0.39, 0.29) is 6.04 Å². The second-order valence-electron chi connectivity index (χ2n) is 3.55. The molecule has 0 aliphatic carbocycles. The normalized spacial score (nSPS) is 34.8. The van der Waals surface area contributed by atoms with E-state index < -0.39 is 18.0 Å². The smallest absolute Gasteiger partial charge is 0.311 e. The Kier molecular flexibility index (Phi) is 2.61. The summed E-state index contributed by atoms with van der Waals surface area (Å²) in [5.74, 6) is -1.66. The second-order valence-corrected chi connectivity index (χ2v) is 3.55. The van der Waals surface area contributed by atoms with Gasteiger partial charge in [-0.2, -0.15) is 0 Å². The SMILES string of the molecule is C=C1C[C@H](O)C(C(=O)O)C(C)N1C. The Balaban J connectivity index is 2.85. The van der Waals surface area contributed by atoms with Gasteiger partial charge in [0.05, 0.1) is 6.10 Å². The van der Waals surface area contributed by atoms with Crippen molar-refractivity contribution in [2.75, 3.05) is 7.05 Å². The van der Waals surface area contributed by atoms with Gasteiger partial charge in [-0.15, -0.1) is 0 Å². The number of rotatable bonds is 1. The molecule has 0 spiro atoms. The molecule has 4 nitrogen and oxygen atoms in total. The Bertz CT molecular complexity index is 239. The van der Waals surface area contributed by atoms with Crippen LogP contribution in [0.3, 0.4) is 0 Å². The molecule has 1 aliphatic rings. The first kappa shape index (κ1) is 10.1. The van der Waals surface area contributed by atoms with Crippen LogP contribution in [0.4, 0.5) is 0 Å². The molecule has 74 valence electrons. The average Bonchev–Trinajstić information content (AvgIpc) is 1.99. The van der Waals surface area contributed by atoms with E-state index >= 15 is 0 Å². The Morgan fingerprint density at radius 1 is 1.69 bits per heavy atom. The first-order chi connectivity index (χ1) is 5.95. The van der Waals surface area contributed by atoms with Gasteiger partial charge < -0.3 is 15.1 Å². The maximum atomic E-state index is 10.8. The summed E-state index contributed by atoms with van der Waals surface area (Å²) in [6.45, 7) is 5.55. The highest BCUT2D eigenvalue weighted by atomic mass is 16.4. The topological polar surface area (TPSA) is 60.8 Å². The van der Waals surface area contributed by atoms with Crippen LogP contribution in [-0.2, 0) is 4.79 Å². The number of aliphatic hydroxyl groups excluding tert-OH is 1. The van der Waals surface area contributed by atoms with Crippen LogP contribution >= 0.6 is 0 Å². The Morgan fingerprint density at radius 3 is 2.69 bits per heavy atom. The summed E-state index contributed by atoms with van der Waals surface area (Å²) >= 11 is 0. The number of aliphatic hydroxyl groups is 1. The van der Waals surface area contributed by atoms with Crippen molar-refractivity contribution in [1.82, 2.24) is 4.90 Å². The lowest BCUT2D eigenvalue weighted by Crippen LogP contribution is -2.49. The lowest BCUT2D eigenvalue weighted by atomic mass is 9.86. The van der Waals surface area contributed by atoms with Crippen LogP contribution in [0, 0.1) is 5.92 Å². The Labute approximate surface area is 77.5 Å². The molecule has 0 amide bonds. The van der Waals surface area contributed by atoms with Gasteiger partial charge >= 0.3 is 5.97 Å². The van der Waals surface area contributed by atoms with Crippen LogP contribution in [0.25, 0.3) is 0 Å². The van der Waals surface area contributed by atoms with Gasteiger partial charge in [0, 0.05) is 25.2 Å². The molecule has 2 N–H and O–H groups in total. The van der Waals surface area contributed by atoms with Crippen LogP contribution in [0.15, 0.2) is 12.3 Å². The fourth-order valence-corrected chi connectivity index (χ4v) is 1.73. The number of hydrogen-bond donors (Lipinski definition) is 2. The average molecular weight is 185 g/mol. The first-order valence-corrected chi connectivity index (χ1v) is 4.26. The monoisotopic (exact) mass is 185 g/mol. The molecule has 0 aromatic rings. The summed E-state index contributed by atoms with van der Waals surface area (Å²) < 4.78 is 0. The summed E-state index contributed by atoms with van der Waals surface area (Å²) in [6.07, 6.45) is -0.464. The van der Waals surface area contributed by atoms with Crippen molar-refractivity contribution in [1.29, 1.82) is 0 Å². The molecule has 4 heteroatoms. The zero-order valence-corrected chi connectivity index (χ0v) is 7.90. The zero-order chi connectivity index (χ0) is 10.2. The van der Waals surface area contributed by atoms with Crippen molar-refractivity contribution in [3.63, 3.8) is 0 Å². The molecule has 13 heavy (non-hydrogen) atoms. The molecular formula is C9H15NO3. The molecule has 1 saturated heterocycles. The predicted molar refractivity (Wildman–Crippen MR) is 48.1 cm³/mol. The highest BCUT2D eigenvalue weighted by molar-refractivity contribution is 5.72. The third-order valence-corrected chi connectivity index (χ3v) is 2.77.